The van der Waals surface area contributed by atoms with E-state index in [-0.39, 0.29) is 11.8 Å². The minimum absolute atomic E-state index is 0.172. The molecular formula is C25H30N2O4. The lowest BCUT2D eigenvalue weighted by Gasteiger charge is -2.39. The lowest BCUT2D eigenvalue weighted by Crippen LogP contribution is -2.46. The molecule has 0 radical (unpaired) electrons. The summed E-state index contributed by atoms with van der Waals surface area (Å²) in [6.07, 6.45) is 0. The fourth-order valence-electron chi connectivity index (χ4n) is 4.50. The van der Waals surface area contributed by atoms with Crippen molar-refractivity contribution in [2.75, 3.05) is 54.6 Å². The van der Waals surface area contributed by atoms with Gasteiger partial charge in [0.25, 0.3) is 0 Å². The second-order valence-corrected chi connectivity index (χ2v) is 7.88. The van der Waals surface area contributed by atoms with Crippen LogP contribution in [0.2, 0.25) is 0 Å². The minimum atomic E-state index is -0.172. The Labute approximate surface area is 183 Å². The Morgan fingerprint density at radius 1 is 0.742 bits per heavy atom. The Morgan fingerprint density at radius 2 is 1.42 bits per heavy atom. The lowest BCUT2D eigenvalue weighted by molar-refractivity contribution is 0.124. The van der Waals surface area contributed by atoms with E-state index in [1.54, 1.807) is 21.3 Å². The van der Waals surface area contributed by atoms with Crippen LogP contribution in [0.1, 0.15) is 17.2 Å². The maximum atomic E-state index is 11.4. The fourth-order valence-corrected chi connectivity index (χ4v) is 4.50. The standard InChI is InChI=1S/C25H30N2O4/c1-26-13-15-27(16-14-26)23(20-8-6-10-22(30-3)25(20)31-4)19-12-11-17-18(24(19)28)7-5-9-21(17)29-2/h5-12,23,28H,13-16H2,1-4H3/t23-/m0/s1. The van der Waals surface area contributed by atoms with Gasteiger partial charge < -0.3 is 24.2 Å². The number of ether oxygens (including phenoxy) is 3. The summed E-state index contributed by atoms with van der Waals surface area (Å²) in [4.78, 5) is 4.72. The van der Waals surface area contributed by atoms with E-state index in [1.165, 1.54) is 0 Å². The van der Waals surface area contributed by atoms with Gasteiger partial charge in [0, 0.05) is 48.1 Å². The predicted molar refractivity (Wildman–Crippen MR) is 123 cm³/mol. The van der Waals surface area contributed by atoms with Crippen molar-refractivity contribution in [3.8, 4) is 23.0 Å². The number of piperazine rings is 1. The number of hydrogen-bond donors (Lipinski definition) is 1. The molecule has 1 aliphatic rings. The Balaban J connectivity index is 1.91. The molecule has 1 heterocycles. The van der Waals surface area contributed by atoms with Gasteiger partial charge in [-0.2, -0.15) is 0 Å². The average molecular weight is 423 g/mol. The molecule has 4 rings (SSSR count). The van der Waals surface area contributed by atoms with Gasteiger partial charge in [0.05, 0.1) is 27.4 Å². The topological polar surface area (TPSA) is 54.4 Å². The second kappa shape index (κ2) is 9.04. The number of benzene rings is 3. The van der Waals surface area contributed by atoms with Crippen LogP contribution in [0.25, 0.3) is 10.8 Å². The van der Waals surface area contributed by atoms with E-state index in [1.807, 2.05) is 42.5 Å². The predicted octanol–water partition coefficient (Wildman–Crippen LogP) is 3.91. The van der Waals surface area contributed by atoms with E-state index < -0.39 is 0 Å². The molecule has 0 unspecified atom stereocenters. The van der Waals surface area contributed by atoms with Gasteiger partial charge in [-0.1, -0.05) is 36.4 Å². The molecule has 1 fully saturated rings. The molecule has 3 aromatic rings. The molecule has 6 nitrogen and oxygen atoms in total. The first-order valence-electron chi connectivity index (χ1n) is 10.5. The van der Waals surface area contributed by atoms with E-state index in [0.29, 0.717) is 11.5 Å². The summed E-state index contributed by atoms with van der Waals surface area (Å²) in [5, 5.41) is 13.1. The van der Waals surface area contributed by atoms with Crippen LogP contribution in [-0.4, -0.2) is 69.5 Å². The second-order valence-electron chi connectivity index (χ2n) is 7.88. The zero-order valence-corrected chi connectivity index (χ0v) is 18.6. The van der Waals surface area contributed by atoms with Crippen molar-refractivity contribution in [1.82, 2.24) is 9.80 Å². The SMILES string of the molecule is COc1cccc([C@H](c2ccc3c(OC)cccc3c2O)N2CCN(C)CC2)c1OC. The third-order valence-electron chi connectivity index (χ3n) is 6.17. The molecule has 0 saturated carbocycles. The van der Waals surface area contributed by atoms with Crippen molar-refractivity contribution < 1.29 is 19.3 Å². The van der Waals surface area contributed by atoms with Gasteiger partial charge in [0.2, 0.25) is 0 Å². The molecular weight excluding hydrogens is 392 g/mol. The van der Waals surface area contributed by atoms with Crippen molar-refractivity contribution in [1.29, 1.82) is 0 Å². The van der Waals surface area contributed by atoms with E-state index in [4.69, 9.17) is 14.2 Å². The van der Waals surface area contributed by atoms with Crippen LogP contribution in [-0.2, 0) is 0 Å². The Hall–Kier alpha value is -2.96. The van der Waals surface area contributed by atoms with Crippen molar-refractivity contribution in [2.24, 2.45) is 0 Å². The van der Waals surface area contributed by atoms with Crippen molar-refractivity contribution in [3.63, 3.8) is 0 Å². The Kier molecular flexibility index (Phi) is 6.20. The van der Waals surface area contributed by atoms with E-state index in [2.05, 4.69) is 22.9 Å². The highest BCUT2D eigenvalue weighted by Crippen LogP contribution is 2.45. The Bertz CT molecular complexity index is 1060. The first kappa shape index (κ1) is 21.3. The number of hydrogen-bond acceptors (Lipinski definition) is 6. The largest absolute Gasteiger partial charge is 0.507 e. The van der Waals surface area contributed by atoms with E-state index in [9.17, 15) is 5.11 Å². The maximum absolute atomic E-state index is 11.4. The van der Waals surface area contributed by atoms with Crippen LogP contribution in [0, 0.1) is 0 Å². The molecule has 0 amide bonds. The third-order valence-corrected chi connectivity index (χ3v) is 6.17. The zero-order chi connectivity index (χ0) is 22.0. The van der Waals surface area contributed by atoms with Crippen LogP contribution in [0.15, 0.2) is 48.5 Å². The molecule has 1 N–H and O–H groups in total. The fraction of sp³-hybridized carbons (Fsp3) is 0.360. The van der Waals surface area contributed by atoms with Gasteiger partial charge in [0.1, 0.15) is 11.5 Å². The smallest absolute Gasteiger partial charge is 0.165 e. The monoisotopic (exact) mass is 422 g/mol. The van der Waals surface area contributed by atoms with Crippen LogP contribution >= 0.6 is 0 Å². The quantitative estimate of drug-likeness (QED) is 0.650. The summed E-state index contributed by atoms with van der Waals surface area (Å²) in [6, 6.07) is 15.5. The van der Waals surface area contributed by atoms with E-state index >= 15 is 0 Å². The molecule has 6 heteroatoms. The number of likely N-dealkylation sites (N-methyl/N-ethyl adjacent to an activating group) is 1. The number of fused-ring (bicyclic) bond motifs is 1. The maximum Gasteiger partial charge on any atom is 0.165 e. The zero-order valence-electron chi connectivity index (χ0n) is 18.6. The first-order chi connectivity index (χ1) is 15.1. The molecule has 0 aromatic heterocycles. The van der Waals surface area contributed by atoms with Crippen LogP contribution < -0.4 is 14.2 Å². The molecule has 0 aliphatic carbocycles. The number of para-hydroxylation sites is 1. The highest BCUT2D eigenvalue weighted by atomic mass is 16.5. The first-order valence-corrected chi connectivity index (χ1v) is 10.5. The summed E-state index contributed by atoms with van der Waals surface area (Å²) in [5.41, 5.74) is 1.82. The number of methoxy groups -OCH3 is 3. The van der Waals surface area contributed by atoms with Gasteiger partial charge in [-0.3, -0.25) is 4.90 Å². The van der Waals surface area contributed by atoms with Crippen molar-refractivity contribution in [2.45, 2.75) is 6.04 Å². The number of phenolic OH excluding ortho intramolecular Hbond substituents is 1. The van der Waals surface area contributed by atoms with Crippen LogP contribution in [0.3, 0.4) is 0 Å². The van der Waals surface area contributed by atoms with Gasteiger partial charge >= 0.3 is 0 Å². The number of aromatic hydroxyl groups is 1. The van der Waals surface area contributed by atoms with Crippen molar-refractivity contribution in [3.05, 3.63) is 59.7 Å². The van der Waals surface area contributed by atoms with E-state index in [0.717, 1.165) is 53.8 Å². The van der Waals surface area contributed by atoms with Gasteiger partial charge in [-0.15, -0.1) is 0 Å². The van der Waals surface area contributed by atoms with Crippen molar-refractivity contribution >= 4 is 10.8 Å². The summed E-state index contributed by atoms with van der Waals surface area (Å²) in [5.74, 6) is 2.39. The van der Waals surface area contributed by atoms with Crippen LogP contribution in [0.4, 0.5) is 0 Å². The van der Waals surface area contributed by atoms with Gasteiger partial charge in [-0.25, -0.2) is 0 Å². The molecule has 164 valence electrons. The lowest BCUT2D eigenvalue weighted by atomic mass is 9.92. The molecule has 1 atom stereocenters. The molecule has 31 heavy (non-hydrogen) atoms. The molecule has 1 aliphatic heterocycles. The third kappa shape index (κ3) is 3.89. The molecule has 0 bridgehead atoms. The minimum Gasteiger partial charge on any atom is -0.507 e. The molecule has 3 aromatic carbocycles. The van der Waals surface area contributed by atoms with Crippen LogP contribution in [0.5, 0.6) is 23.0 Å². The normalized spacial score (nSPS) is 16.3. The average Bonchev–Trinajstić information content (AvgIpc) is 2.81. The Morgan fingerprint density at radius 3 is 2.10 bits per heavy atom. The molecule has 1 saturated heterocycles. The summed E-state index contributed by atoms with van der Waals surface area (Å²) in [6.45, 7) is 3.70. The highest BCUT2D eigenvalue weighted by molar-refractivity contribution is 5.94. The van der Waals surface area contributed by atoms with Gasteiger partial charge in [-0.05, 0) is 19.2 Å². The summed E-state index contributed by atoms with van der Waals surface area (Å²) in [7, 11) is 7.09. The molecule has 0 spiro atoms. The van der Waals surface area contributed by atoms with Gasteiger partial charge in [0.15, 0.2) is 11.5 Å². The highest BCUT2D eigenvalue weighted by Gasteiger charge is 2.31. The summed E-state index contributed by atoms with van der Waals surface area (Å²) >= 11 is 0. The number of rotatable bonds is 6. The summed E-state index contributed by atoms with van der Waals surface area (Å²) < 4.78 is 16.8. The number of phenols is 1. The number of nitrogens with zero attached hydrogens (tertiary/aromatic N) is 2.